The number of carbonyl (C=O) groups is 1. The molecule has 3 aliphatic rings. The number of halogens is 1. The molecule has 0 amide bonds. The van der Waals surface area contributed by atoms with Crippen LogP contribution < -0.4 is 9.88 Å². The standard InChI is InChI=1S/C27H32ClNO6S/c1-3-34-24-14-19-15(12-23(24)30)4-6-18-17(19)10-11-27(2)21(18)7-9-25(27)35-26(31)20-13-16(36(29,32)33)5-8-22(20)28/h5,8,12-14,17-18,21,25,30H,3-4,6-7,9-11H2,1-2H3,(H2,29,32,33)/t17-,18+,21-,25-,27-/m0/s1. The molecule has 0 aliphatic heterocycles. The van der Waals surface area contributed by atoms with Crippen LogP contribution in [0, 0.1) is 17.3 Å². The van der Waals surface area contributed by atoms with Crippen molar-refractivity contribution in [1.82, 2.24) is 0 Å². The zero-order valence-electron chi connectivity index (χ0n) is 20.5. The highest BCUT2D eigenvalue weighted by Gasteiger charge is 2.56. The van der Waals surface area contributed by atoms with Crippen molar-refractivity contribution in [1.29, 1.82) is 0 Å². The number of fused-ring (bicyclic) bond motifs is 5. The molecular weight excluding hydrogens is 502 g/mol. The average molecular weight is 534 g/mol. The lowest BCUT2D eigenvalue weighted by Gasteiger charge is -2.50. The summed E-state index contributed by atoms with van der Waals surface area (Å²) < 4.78 is 35.2. The average Bonchev–Trinajstić information content (AvgIpc) is 3.15. The molecule has 3 N–H and O–H groups in total. The fraction of sp³-hybridized carbons (Fsp3) is 0.519. The highest BCUT2D eigenvalue weighted by Crippen LogP contribution is 2.62. The van der Waals surface area contributed by atoms with E-state index in [0.29, 0.717) is 30.1 Å². The minimum absolute atomic E-state index is 0.0128. The maximum atomic E-state index is 13.1. The molecule has 0 aromatic heterocycles. The molecule has 2 aromatic rings. The second-order valence-electron chi connectivity index (χ2n) is 10.6. The van der Waals surface area contributed by atoms with Gasteiger partial charge in [0.2, 0.25) is 10.0 Å². The normalized spacial score (nSPS) is 29.1. The number of benzene rings is 2. The highest BCUT2D eigenvalue weighted by atomic mass is 35.5. The molecule has 0 radical (unpaired) electrons. The van der Waals surface area contributed by atoms with Crippen molar-refractivity contribution in [3.8, 4) is 11.5 Å². The molecule has 7 nitrogen and oxygen atoms in total. The highest BCUT2D eigenvalue weighted by molar-refractivity contribution is 7.89. The summed E-state index contributed by atoms with van der Waals surface area (Å²) in [6.07, 6.45) is 5.27. The van der Waals surface area contributed by atoms with Gasteiger partial charge >= 0.3 is 5.97 Å². The van der Waals surface area contributed by atoms with Crippen molar-refractivity contribution >= 4 is 27.6 Å². The van der Waals surface area contributed by atoms with Crippen molar-refractivity contribution in [2.75, 3.05) is 6.61 Å². The molecule has 2 saturated carbocycles. The van der Waals surface area contributed by atoms with Crippen LogP contribution in [0.3, 0.4) is 0 Å². The first-order valence-corrected chi connectivity index (χ1v) is 14.5. The fourth-order valence-corrected chi connectivity index (χ4v) is 7.77. The molecule has 36 heavy (non-hydrogen) atoms. The monoisotopic (exact) mass is 533 g/mol. The zero-order chi connectivity index (χ0) is 25.8. The number of hydrogen-bond donors (Lipinski definition) is 2. The minimum Gasteiger partial charge on any atom is -0.504 e. The van der Waals surface area contributed by atoms with Crippen LogP contribution in [0.4, 0.5) is 0 Å². The summed E-state index contributed by atoms with van der Waals surface area (Å²) in [6.45, 7) is 4.63. The lowest BCUT2D eigenvalue weighted by Crippen LogP contribution is -2.45. The number of primary sulfonamides is 1. The summed E-state index contributed by atoms with van der Waals surface area (Å²) in [5.74, 6) is 1.38. The Hall–Kier alpha value is -2.29. The van der Waals surface area contributed by atoms with E-state index in [0.717, 1.165) is 38.5 Å². The first-order chi connectivity index (χ1) is 17.0. The Morgan fingerprint density at radius 3 is 2.69 bits per heavy atom. The summed E-state index contributed by atoms with van der Waals surface area (Å²) in [5.41, 5.74) is 2.32. The van der Waals surface area contributed by atoms with Gasteiger partial charge in [-0.25, -0.2) is 18.4 Å². The van der Waals surface area contributed by atoms with Crippen LogP contribution in [0.15, 0.2) is 35.2 Å². The van der Waals surface area contributed by atoms with Crippen LogP contribution >= 0.6 is 11.6 Å². The number of phenols is 1. The Morgan fingerprint density at radius 2 is 1.97 bits per heavy atom. The van der Waals surface area contributed by atoms with E-state index < -0.39 is 16.0 Å². The number of sulfonamides is 1. The van der Waals surface area contributed by atoms with Crippen molar-refractivity contribution in [3.05, 3.63) is 52.0 Å². The molecule has 0 unspecified atom stereocenters. The zero-order valence-corrected chi connectivity index (χ0v) is 22.1. The minimum atomic E-state index is -3.97. The maximum absolute atomic E-state index is 13.1. The lowest BCUT2D eigenvalue weighted by atomic mass is 9.55. The molecule has 0 saturated heterocycles. The predicted molar refractivity (Wildman–Crippen MR) is 136 cm³/mol. The van der Waals surface area contributed by atoms with Gasteiger partial charge in [0.25, 0.3) is 0 Å². The smallest absolute Gasteiger partial charge is 0.339 e. The number of carbonyl (C=O) groups excluding carboxylic acids is 1. The van der Waals surface area contributed by atoms with Gasteiger partial charge in [-0.15, -0.1) is 0 Å². The number of phenolic OH excluding ortho intramolecular Hbond substituents is 1. The van der Waals surface area contributed by atoms with Gasteiger partial charge in [0.15, 0.2) is 11.5 Å². The van der Waals surface area contributed by atoms with E-state index in [1.807, 2.05) is 19.1 Å². The van der Waals surface area contributed by atoms with Crippen LogP contribution in [0.25, 0.3) is 0 Å². The molecule has 0 spiro atoms. The number of aryl methyl sites for hydroxylation is 1. The largest absolute Gasteiger partial charge is 0.504 e. The third kappa shape index (κ3) is 4.27. The van der Waals surface area contributed by atoms with E-state index in [4.69, 9.17) is 26.2 Å². The van der Waals surface area contributed by atoms with E-state index >= 15 is 0 Å². The van der Waals surface area contributed by atoms with Gasteiger partial charge in [-0.05, 0) is 105 Å². The molecule has 3 aliphatic carbocycles. The Balaban J connectivity index is 1.38. The van der Waals surface area contributed by atoms with Crippen molar-refractivity contribution in [3.63, 3.8) is 0 Å². The molecule has 9 heteroatoms. The van der Waals surface area contributed by atoms with Gasteiger partial charge in [-0.1, -0.05) is 18.5 Å². The second-order valence-corrected chi connectivity index (χ2v) is 12.5. The molecule has 5 atom stereocenters. The third-order valence-corrected chi connectivity index (χ3v) is 9.99. The Morgan fingerprint density at radius 1 is 1.19 bits per heavy atom. The molecule has 5 rings (SSSR count). The Kier molecular flexibility index (Phi) is 6.50. The van der Waals surface area contributed by atoms with Crippen molar-refractivity contribution < 1.29 is 27.8 Å². The van der Waals surface area contributed by atoms with Gasteiger partial charge in [0, 0.05) is 5.41 Å². The predicted octanol–water partition coefficient (Wildman–Crippen LogP) is 5.17. The second kappa shape index (κ2) is 9.23. The topological polar surface area (TPSA) is 116 Å². The molecular formula is C27H32ClNO6S. The number of rotatable bonds is 5. The van der Waals surface area contributed by atoms with Crippen LogP contribution in [0.1, 0.15) is 73.4 Å². The van der Waals surface area contributed by atoms with E-state index in [1.54, 1.807) is 0 Å². The third-order valence-electron chi connectivity index (χ3n) is 8.75. The van der Waals surface area contributed by atoms with Gasteiger partial charge < -0.3 is 14.6 Å². The van der Waals surface area contributed by atoms with Gasteiger partial charge in [0.05, 0.1) is 22.1 Å². The molecule has 2 fully saturated rings. The fourth-order valence-electron chi connectivity index (χ4n) is 7.03. The quantitative estimate of drug-likeness (QED) is 0.512. The summed E-state index contributed by atoms with van der Waals surface area (Å²) in [4.78, 5) is 12.9. The molecule has 2 aromatic carbocycles. The first-order valence-electron chi connectivity index (χ1n) is 12.5. The number of aromatic hydroxyl groups is 1. The Labute approximate surface area is 217 Å². The van der Waals surface area contributed by atoms with E-state index in [2.05, 4.69) is 6.92 Å². The van der Waals surface area contributed by atoms with Gasteiger partial charge in [0.1, 0.15) is 6.10 Å². The lowest BCUT2D eigenvalue weighted by molar-refractivity contribution is -0.0428. The van der Waals surface area contributed by atoms with Crippen LogP contribution in [-0.4, -0.2) is 32.2 Å². The SMILES string of the molecule is CCOc1cc2c(cc1O)CC[C@@H]1[C@@H]2CC[C@]2(C)[C@@H](OC(=O)c3cc(S(N)(=O)=O)ccc3Cl)CC[C@@H]12. The van der Waals surface area contributed by atoms with Crippen LogP contribution in [0.2, 0.25) is 5.02 Å². The van der Waals surface area contributed by atoms with Crippen LogP contribution in [0.5, 0.6) is 11.5 Å². The molecule has 194 valence electrons. The van der Waals surface area contributed by atoms with E-state index in [9.17, 15) is 18.3 Å². The number of hydrogen-bond acceptors (Lipinski definition) is 6. The maximum Gasteiger partial charge on any atom is 0.339 e. The van der Waals surface area contributed by atoms with Crippen molar-refractivity contribution in [2.24, 2.45) is 22.4 Å². The molecule has 0 bridgehead atoms. The van der Waals surface area contributed by atoms with E-state index in [1.165, 1.54) is 29.3 Å². The summed E-state index contributed by atoms with van der Waals surface area (Å²) in [7, 11) is -3.97. The number of esters is 1. The number of nitrogens with two attached hydrogens (primary N) is 1. The first kappa shape index (κ1) is 25.4. The summed E-state index contributed by atoms with van der Waals surface area (Å²) >= 11 is 6.22. The summed E-state index contributed by atoms with van der Waals surface area (Å²) in [6, 6.07) is 7.72. The van der Waals surface area contributed by atoms with Gasteiger partial charge in [-0.3, -0.25) is 0 Å². The summed E-state index contributed by atoms with van der Waals surface area (Å²) in [5, 5.41) is 15.7. The molecule has 0 heterocycles. The van der Waals surface area contributed by atoms with Crippen molar-refractivity contribution in [2.45, 2.75) is 69.3 Å². The van der Waals surface area contributed by atoms with Crippen LogP contribution in [-0.2, 0) is 21.2 Å². The van der Waals surface area contributed by atoms with E-state index in [-0.39, 0.29) is 32.8 Å². The number of ether oxygens (including phenoxy) is 2. The Bertz CT molecular complexity index is 1310. The van der Waals surface area contributed by atoms with Gasteiger partial charge in [-0.2, -0.15) is 0 Å².